The van der Waals surface area contributed by atoms with E-state index in [1.54, 1.807) is 0 Å². The number of hydrogen-bond acceptors (Lipinski definition) is 4. The molecule has 1 atom stereocenters. The van der Waals surface area contributed by atoms with Crippen LogP contribution in [0.5, 0.6) is 0 Å². The molecular weight excluding hydrogens is 266 g/mol. The highest BCUT2D eigenvalue weighted by Gasteiger charge is 2.33. The van der Waals surface area contributed by atoms with Crippen LogP contribution in [0.15, 0.2) is 12.4 Å². The van der Waals surface area contributed by atoms with Crippen molar-refractivity contribution in [3.05, 3.63) is 18.0 Å². The van der Waals surface area contributed by atoms with E-state index in [1.807, 2.05) is 22.8 Å². The van der Waals surface area contributed by atoms with Gasteiger partial charge in [0.05, 0.1) is 12.2 Å². The van der Waals surface area contributed by atoms with Gasteiger partial charge in [0, 0.05) is 46.0 Å². The van der Waals surface area contributed by atoms with Crippen LogP contribution in [-0.4, -0.2) is 70.8 Å². The molecule has 1 N–H and O–H groups in total. The summed E-state index contributed by atoms with van der Waals surface area (Å²) >= 11 is 0. The number of piperazine rings is 1. The first kappa shape index (κ1) is 14.5. The number of amides is 1. The fourth-order valence-corrected chi connectivity index (χ4v) is 3.34. The Morgan fingerprint density at radius 2 is 2.19 bits per heavy atom. The van der Waals surface area contributed by atoms with Gasteiger partial charge in [-0.05, 0) is 31.4 Å². The van der Waals surface area contributed by atoms with Gasteiger partial charge in [-0.3, -0.25) is 14.4 Å². The van der Waals surface area contributed by atoms with Gasteiger partial charge in [-0.1, -0.05) is 0 Å². The lowest BCUT2D eigenvalue weighted by molar-refractivity contribution is -0.136. The summed E-state index contributed by atoms with van der Waals surface area (Å²) in [5.74, 6) is 0.334. The van der Waals surface area contributed by atoms with E-state index in [1.165, 1.54) is 5.56 Å². The first-order valence-electron chi connectivity index (χ1n) is 7.95. The number of nitrogens with zero attached hydrogens (tertiary/aromatic N) is 4. The third-order valence-corrected chi connectivity index (χ3v) is 4.52. The Balaban J connectivity index is 1.55. The molecule has 1 amide bonds. The molecule has 3 rings (SSSR count). The number of aromatic nitrogens is 2. The van der Waals surface area contributed by atoms with Crippen molar-refractivity contribution in [2.45, 2.75) is 25.3 Å². The second-order valence-corrected chi connectivity index (χ2v) is 6.04. The van der Waals surface area contributed by atoms with Gasteiger partial charge in [0.25, 0.3) is 0 Å². The Labute approximate surface area is 126 Å². The molecule has 0 bridgehead atoms. The van der Waals surface area contributed by atoms with Crippen molar-refractivity contribution in [2.75, 3.05) is 39.3 Å². The van der Waals surface area contributed by atoms with E-state index in [4.69, 9.17) is 0 Å². The lowest BCUT2D eigenvalue weighted by Gasteiger charge is -2.32. The van der Waals surface area contributed by atoms with Crippen LogP contribution in [0.2, 0.25) is 0 Å². The Morgan fingerprint density at radius 3 is 2.90 bits per heavy atom. The quantitative estimate of drug-likeness (QED) is 0.839. The van der Waals surface area contributed by atoms with E-state index in [0.29, 0.717) is 5.91 Å². The lowest BCUT2D eigenvalue weighted by Crippen LogP contribution is -2.52. The standard InChI is InChI=1S/C15H25N5O/c1-18-12-13(11-17-18)4-8-19-7-2-3-14(19)15(21)20-9-5-16-6-10-20/h11-12,14,16H,2-10H2,1H3. The van der Waals surface area contributed by atoms with Crippen LogP contribution in [0, 0.1) is 0 Å². The monoisotopic (exact) mass is 291 g/mol. The highest BCUT2D eigenvalue weighted by atomic mass is 16.2. The van der Waals surface area contributed by atoms with Gasteiger partial charge in [-0.25, -0.2) is 0 Å². The number of likely N-dealkylation sites (tertiary alicyclic amines) is 1. The molecule has 0 spiro atoms. The van der Waals surface area contributed by atoms with Gasteiger partial charge in [-0.15, -0.1) is 0 Å². The van der Waals surface area contributed by atoms with Gasteiger partial charge < -0.3 is 10.2 Å². The second-order valence-electron chi connectivity index (χ2n) is 6.04. The third kappa shape index (κ3) is 3.44. The second kappa shape index (κ2) is 6.58. The number of rotatable bonds is 4. The van der Waals surface area contributed by atoms with Crippen LogP contribution in [0.4, 0.5) is 0 Å². The maximum atomic E-state index is 12.7. The molecule has 0 aliphatic carbocycles. The summed E-state index contributed by atoms with van der Waals surface area (Å²) in [5, 5.41) is 7.51. The molecule has 0 saturated carbocycles. The van der Waals surface area contributed by atoms with E-state index in [0.717, 1.165) is 58.5 Å². The molecule has 6 nitrogen and oxygen atoms in total. The Hall–Kier alpha value is -1.40. The van der Waals surface area contributed by atoms with Crippen molar-refractivity contribution in [3.63, 3.8) is 0 Å². The molecular formula is C15H25N5O. The molecule has 0 radical (unpaired) electrons. The Kier molecular flexibility index (Phi) is 4.55. The minimum absolute atomic E-state index is 0.0970. The van der Waals surface area contributed by atoms with Crippen LogP contribution < -0.4 is 5.32 Å². The summed E-state index contributed by atoms with van der Waals surface area (Å²) in [4.78, 5) is 17.1. The molecule has 116 valence electrons. The zero-order valence-corrected chi connectivity index (χ0v) is 12.8. The van der Waals surface area contributed by atoms with E-state index < -0.39 is 0 Å². The van der Waals surface area contributed by atoms with Crippen molar-refractivity contribution in [2.24, 2.45) is 7.05 Å². The number of carbonyl (C=O) groups is 1. The van der Waals surface area contributed by atoms with Crippen LogP contribution >= 0.6 is 0 Å². The van der Waals surface area contributed by atoms with Gasteiger partial charge in [0.15, 0.2) is 0 Å². The molecule has 21 heavy (non-hydrogen) atoms. The largest absolute Gasteiger partial charge is 0.339 e. The summed E-state index contributed by atoms with van der Waals surface area (Å²) in [6.07, 6.45) is 7.09. The topological polar surface area (TPSA) is 53.4 Å². The van der Waals surface area contributed by atoms with Crippen LogP contribution in [0.25, 0.3) is 0 Å². The van der Waals surface area contributed by atoms with Crippen LogP contribution in [0.1, 0.15) is 18.4 Å². The molecule has 0 aromatic carbocycles. The molecule has 1 aromatic heterocycles. The smallest absolute Gasteiger partial charge is 0.240 e. The Bertz CT molecular complexity index is 480. The molecule has 3 heterocycles. The van der Waals surface area contributed by atoms with Crippen molar-refractivity contribution < 1.29 is 4.79 Å². The van der Waals surface area contributed by atoms with Gasteiger partial charge in [0.2, 0.25) is 5.91 Å². The Morgan fingerprint density at radius 1 is 1.38 bits per heavy atom. The van der Waals surface area contributed by atoms with Gasteiger partial charge in [0.1, 0.15) is 0 Å². The highest BCUT2D eigenvalue weighted by molar-refractivity contribution is 5.82. The first-order chi connectivity index (χ1) is 10.2. The zero-order valence-electron chi connectivity index (χ0n) is 12.8. The zero-order chi connectivity index (χ0) is 14.7. The van der Waals surface area contributed by atoms with Crippen molar-refractivity contribution in [1.29, 1.82) is 0 Å². The third-order valence-electron chi connectivity index (χ3n) is 4.52. The molecule has 6 heteroatoms. The molecule has 2 aliphatic rings. The fraction of sp³-hybridized carbons (Fsp3) is 0.733. The molecule has 2 saturated heterocycles. The maximum absolute atomic E-state index is 12.7. The molecule has 1 unspecified atom stereocenters. The van der Waals surface area contributed by atoms with Crippen molar-refractivity contribution in [1.82, 2.24) is 24.9 Å². The maximum Gasteiger partial charge on any atom is 0.240 e. The number of aryl methyl sites for hydroxylation is 1. The molecule has 2 fully saturated rings. The summed E-state index contributed by atoms with van der Waals surface area (Å²) in [5.41, 5.74) is 1.25. The fourth-order valence-electron chi connectivity index (χ4n) is 3.34. The normalized spacial score (nSPS) is 23.7. The summed E-state index contributed by atoms with van der Waals surface area (Å²) in [6, 6.07) is 0.0970. The SMILES string of the molecule is Cn1cc(CCN2CCCC2C(=O)N2CCNCC2)cn1. The number of hydrogen-bond donors (Lipinski definition) is 1. The van der Waals surface area contributed by atoms with E-state index in [-0.39, 0.29) is 6.04 Å². The number of nitrogens with one attached hydrogen (secondary N) is 1. The minimum Gasteiger partial charge on any atom is -0.339 e. The first-order valence-corrected chi connectivity index (χ1v) is 7.95. The summed E-state index contributed by atoms with van der Waals surface area (Å²) in [7, 11) is 1.94. The average Bonchev–Trinajstić information content (AvgIpc) is 3.14. The van der Waals surface area contributed by atoms with E-state index in [9.17, 15) is 4.79 Å². The predicted molar refractivity (Wildman–Crippen MR) is 81.0 cm³/mol. The van der Waals surface area contributed by atoms with Gasteiger partial charge >= 0.3 is 0 Å². The lowest BCUT2D eigenvalue weighted by atomic mass is 10.1. The highest BCUT2D eigenvalue weighted by Crippen LogP contribution is 2.20. The average molecular weight is 291 g/mol. The van der Waals surface area contributed by atoms with Crippen molar-refractivity contribution in [3.8, 4) is 0 Å². The molecule has 2 aliphatic heterocycles. The molecule has 1 aromatic rings. The predicted octanol–water partition coefficient (Wildman–Crippen LogP) is -0.141. The van der Waals surface area contributed by atoms with Gasteiger partial charge in [-0.2, -0.15) is 5.10 Å². The minimum atomic E-state index is 0.0970. The van der Waals surface area contributed by atoms with E-state index >= 15 is 0 Å². The van der Waals surface area contributed by atoms with Crippen molar-refractivity contribution >= 4 is 5.91 Å². The summed E-state index contributed by atoms with van der Waals surface area (Å²) in [6.45, 7) is 5.55. The van der Waals surface area contributed by atoms with Crippen LogP contribution in [-0.2, 0) is 18.3 Å². The van der Waals surface area contributed by atoms with Crippen LogP contribution in [0.3, 0.4) is 0 Å². The summed E-state index contributed by atoms with van der Waals surface area (Å²) < 4.78 is 1.84. The van der Waals surface area contributed by atoms with E-state index in [2.05, 4.69) is 21.5 Å². The number of carbonyl (C=O) groups excluding carboxylic acids is 1.